The van der Waals surface area contributed by atoms with Gasteiger partial charge in [-0.2, -0.15) is 5.26 Å². The topological polar surface area (TPSA) is 71.4 Å². The zero-order valence-electron chi connectivity index (χ0n) is 12.8. The Morgan fingerprint density at radius 1 is 1.29 bits per heavy atom. The van der Waals surface area contributed by atoms with Gasteiger partial charge >= 0.3 is 0 Å². The number of nitriles is 1. The SMILES string of the molecule is Cc1cc2c(cc1/C=C(\C#N)C(=O)Nc1cccc(Cl)c1)OCO2. The van der Waals surface area contributed by atoms with Gasteiger partial charge in [-0.15, -0.1) is 0 Å². The quantitative estimate of drug-likeness (QED) is 0.679. The van der Waals surface area contributed by atoms with E-state index in [9.17, 15) is 10.1 Å². The molecular weight excluding hydrogens is 328 g/mol. The lowest BCUT2D eigenvalue weighted by Gasteiger charge is -2.06. The third-order valence-electron chi connectivity index (χ3n) is 3.51. The van der Waals surface area contributed by atoms with Gasteiger partial charge < -0.3 is 14.8 Å². The standard InChI is InChI=1S/C18H13ClN2O3/c1-11-5-16-17(24-10-23-16)7-12(11)6-13(9-20)18(22)21-15-4-2-3-14(19)8-15/h2-8H,10H2,1H3,(H,21,22)/b13-6+. The van der Waals surface area contributed by atoms with Gasteiger partial charge in [0.05, 0.1) is 0 Å². The number of halogens is 1. The summed E-state index contributed by atoms with van der Waals surface area (Å²) in [6.45, 7) is 2.04. The van der Waals surface area contributed by atoms with Crippen LogP contribution in [-0.2, 0) is 4.79 Å². The molecule has 3 rings (SSSR count). The van der Waals surface area contributed by atoms with Crippen molar-refractivity contribution in [2.24, 2.45) is 0 Å². The monoisotopic (exact) mass is 340 g/mol. The van der Waals surface area contributed by atoms with Crippen LogP contribution in [0.15, 0.2) is 42.0 Å². The van der Waals surface area contributed by atoms with Crippen molar-refractivity contribution in [1.82, 2.24) is 0 Å². The normalized spacial score (nSPS) is 12.6. The van der Waals surface area contributed by atoms with Crippen molar-refractivity contribution in [3.05, 3.63) is 58.1 Å². The predicted octanol–water partition coefficient (Wildman–Crippen LogP) is 3.92. The summed E-state index contributed by atoms with van der Waals surface area (Å²) >= 11 is 5.89. The second-order valence-electron chi connectivity index (χ2n) is 5.20. The number of rotatable bonds is 3. The molecule has 1 aliphatic heterocycles. The van der Waals surface area contributed by atoms with Crippen molar-refractivity contribution >= 4 is 29.3 Å². The van der Waals surface area contributed by atoms with Gasteiger partial charge in [0, 0.05) is 10.7 Å². The molecule has 120 valence electrons. The van der Waals surface area contributed by atoms with Crippen LogP contribution in [0.5, 0.6) is 11.5 Å². The lowest BCUT2D eigenvalue weighted by Crippen LogP contribution is -2.13. The third-order valence-corrected chi connectivity index (χ3v) is 3.74. The first-order chi connectivity index (χ1) is 11.6. The molecule has 6 heteroatoms. The first-order valence-electron chi connectivity index (χ1n) is 7.16. The predicted molar refractivity (Wildman–Crippen MR) is 91.0 cm³/mol. The van der Waals surface area contributed by atoms with Crippen molar-refractivity contribution in [3.8, 4) is 17.6 Å². The van der Waals surface area contributed by atoms with Crippen molar-refractivity contribution in [3.63, 3.8) is 0 Å². The molecule has 0 unspecified atom stereocenters. The van der Waals surface area contributed by atoms with Crippen molar-refractivity contribution in [1.29, 1.82) is 5.26 Å². The lowest BCUT2D eigenvalue weighted by molar-refractivity contribution is -0.112. The molecule has 5 nitrogen and oxygen atoms in total. The highest BCUT2D eigenvalue weighted by Crippen LogP contribution is 2.35. The van der Waals surface area contributed by atoms with E-state index in [-0.39, 0.29) is 12.4 Å². The number of benzene rings is 2. The van der Waals surface area contributed by atoms with Crippen LogP contribution in [0.4, 0.5) is 5.69 Å². The van der Waals surface area contributed by atoms with E-state index in [0.29, 0.717) is 22.2 Å². The van der Waals surface area contributed by atoms with E-state index in [1.807, 2.05) is 19.1 Å². The number of nitrogens with zero attached hydrogens (tertiary/aromatic N) is 1. The van der Waals surface area contributed by atoms with Crippen LogP contribution in [0.2, 0.25) is 5.02 Å². The van der Waals surface area contributed by atoms with E-state index in [2.05, 4.69) is 5.32 Å². The molecule has 1 amide bonds. The average Bonchev–Trinajstić information content (AvgIpc) is 2.99. The largest absolute Gasteiger partial charge is 0.454 e. The molecule has 24 heavy (non-hydrogen) atoms. The van der Waals surface area contributed by atoms with Crippen molar-refractivity contribution in [2.75, 3.05) is 12.1 Å². The van der Waals surface area contributed by atoms with Crippen LogP contribution in [0.25, 0.3) is 6.08 Å². The maximum absolute atomic E-state index is 12.3. The highest BCUT2D eigenvalue weighted by atomic mass is 35.5. The first-order valence-corrected chi connectivity index (χ1v) is 7.53. The van der Waals surface area contributed by atoms with Gasteiger partial charge in [-0.25, -0.2) is 0 Å². The molecule has 0 fully saturated rings. The fraction of sp³-hybridized carbons (Fsp3) is 0.111. The zero-order chi connectivity index (χ0) is 17.1. The maximum Gasteiger partial charge on any atom is 0.266 e. The van der Waals surface area contributed by atoms with Gasteiger partial charge in [0.2, 0.25) is 6.79 Å². The number of anilines is 1. The van der Waals surface area contributed by atoms with Crippen molar-refractivity contribution in [2.45, 2.75) is 6.92 Å². The molecule has 0 aromatic heterocycles. The second kappa shape index (κ2) is 6.65. The third kappa shape index (κ3) is 3.34. The molecular formula is C18H13ClN2O3. The van der Waals surface area contributed by atoms with E-state index < -0.39 is 5.91 Å². The number of hydrogen-bond donors (Lipinski definition) is 1. The van der Waals surface area contributed by atoms with Crippen LogP contribution in [-0.4, -0.2) is 12.7 Å². The Hall–Kier alpha value is -2.97. The van der Waals surface area contributed by atoms with Gasteiger partial charge in [0.15, 0.2) is 11.5 Å². The molecule has 0 atom stereocenters. The molecule has 0 bridgehead atoms. The summed E-state index contributed by atoms with van der Waals surface area (Å²) in [4.78, 5) is 12.3. The summed E-state index contributed by atoms with van der Waals surface area (Å²) in [6.07, 6.45) is 1.52. The Bertz CT molecular complexity index is 884. The first kappa shape index (κ1) is 15.9. The highest BCUT2D eigenvalue weighted by molar-refractivity contribution is 6.31. The zero-order valence-corrected chi connectivity index (χ0v) is 13.6. The highest BCUT2D eigenvalue weighted by Gasteiger charge is 2.16. The Kier molecular flexibility index (Phi) is 4.41. The number of amides is 1. The fourth-order valence-electron chi connectivity index (χ4n) is 2.28. The Morgan fingerprint density at radius 2 is 2.04 bits per heavy atom. The van der Waals surface area contributed by atoms with E-state index in [0.717, 1.165) is 11.1 Å². The summed E-state index contributed by atoms with van der Waals surface area (Å²) in [5.41, 5.74) is 2.10. The summed E-state index contributed by atoms with van der Waals surface area (Å²) in [6, 6.07) is 12.2. The summed E-state index contributed by atoms with van der Waals surface area (Å²) < 4.78 is 10.6. The molecule has 2 aromatic carbocycles. The summed E-state index contributed by atoms with van der Waals surface area (Å²) in [5.74, 6) is 0.753. The molecule has 0 saturated carbocycles. The van der Waals surface area contributed by atoms with Gasteiger partial charge in [-0.3, -0.25) is 4.79 Å². The van der Waals surface area contributed by atoms with Crippen LogP contribution in [0.1, 0.15) is 11.1 Å². The second-order valence-corrected chi connectivity index (χ2v) is 5.63. The molecule has 1 N–H and O–H groups in total. The Labute approximate surface area is 144 Å². The summed E-state index contributed by atoms with van der Waals surface area (Å²) in [7, 11) is 0. The van der Waals surface area contributed by atoms with E-state index in [4.69, 9.17) is 21.1 Å². The number of hydrogen-bond acceptors (Lipinski definition) is 4. The van der Waals surface area contributed by atoms with Crippen LogP contribution >= 0.6 is 11.6 Å². The van der Waals surface area contributed by atoms with E-state index in [1.54, 1.807) is 30.3 Å². The van der Waals surface area contributed by atoms with Gasteiger partial charge in [-0.1, -0.05) is 17.7 Å². The number of carbonyl (C=O) groups excluding carboxylic acids is 1. The molecule has 0 aliphatic carbocycles. The van der Waals surface area contributed by atoms with Crippen LogP contribution < -0.4 is 14.8 Å². The number of nitrogens with one attached hydrogen (secondary N) is 1. The number of fused-ring (bicyclic) bond motifs is 1. The number of aryl methyl sites for hydroxylation is 1. The smallest absolute Gasteiger partial charge is 0.266 e. The van der Waals surface area contributed by atoms with E-state index >= 15 is 0 Å². The van der Waals surface area contributed by atoms with Gasteiger partial charge in [0.1, 0.15) is 11.6 Å². The van der Waals surface area contributed by atoms with Crippen LogP contribution in [0, 0.1) is 18.3 Å². The summed E-state index contributed by atoms with van der Waals surface area (Å²) in [5, 5.41) is 12.5. The van der Waals surface area contributed by atoms with Crippen molar-refractivity contribution < 1.29 is 14.3 Å². The number of ether oxygens (including phenoxy) is 2. The molecule has 1 aliphatic rings. The molecule has 0 saturated heterocycles. The minimum Gasteiger partial charge on any atom is -0.454 e. The van der Waals surface area contributed by atoms with Crippen LogP contribution in [0.3, 0.4) is 0 Å². The lowest BCUT2D eigenvalue weighted by atomic mass is 10.0. The van der Waals surface area contributed by atoms with E-state index in [1.165, 1.54) is 6.08 Å². The fourth-order valence-corrected chi connectivity index (χ4v) is 2.47. The Morgan fingerprint density at radius 3 is 2.75 bits per heavy atom. The number of carbonyl (C=O) groups is 1. The van der Waals surface area contributed by atoms with Gasteiger partial charge in [-0.05, 0) is 54.5 Å². The molecule has 0 spiro atoms. The Balaban J connectivity index is 1.87. The maximum atomic E-state index is 12.3. The minimum absolute atomic E-state index is 0.0167. The minimum atomic E-state index is -0.503. The average molecular weight is 341 g/mol. The molecule has 1 heterocycles. The molecule has 0 radical (unpaired) electrons. The van der Waals surface area contributed by atoms with Gasteiger partial charge in [0.25, 0.3) is 5.91 Å². The molecule has 2 aromatic rings.